The van der Waals surface area contributed by atoms with E-state index in [-0.39, 0.29) is 16.7 Å². The van der Waals surface area contributed by atoms with Crippen molar-refractivity contribution >= 4 is 17.8 Å². The molecule has 0 saturated heterocycles. The third-order valence-electron chi connectivity index (χ3n) is 4.18. The minimum Gasteiger partial charge on any atom is -0.324 e. The summed E-state index contributed by atoms with van der Waals surface area (Å²) in [6, 6.07) is 13.5. The smallest absolute Gasteiger partial charge is 0.324 e. The first-order valence-electron chi connectivity index (χ1n) is 8.14. The van der Waals surface area contributed by atoms with E-state index in [1.165, 1.54) is 48.7 Å². The Morgan fingerprint density at radius 3 is 2.04 bits per heavy atom. The largest absolute Gasteiger partial charge is 0.365 e. The molecular weight excluding hydrogens is 367 g/mol. The molecule has 28 heavy (non-hydrogen) atoms. The van der Waals surface area contributed by atoms with Gasteiger partial charge in [0.05, 0.1) is 16.7 Å². The fourth-order valence-corrected chi connectivity index (χ4v) is 2.80. The zero-order chi connectivity index (χ0) is 19.8. The number of fused-ring (bicyclic) bond motifs is 1. The number of aromatic nitrogens is 1. The topological polar surface area (TPSA) is 85.7 Å². The van der Waals surface area contributed by atoms with E-state index in [2.05, 4.69) is 0 Å². The number of carbonyl (C=O) groups is 3. The van der Waals surface area contributed by atoms with Gasteiger partial charge in [-0.15, -0.1) is 0 Å². The van der Waals surface area contributed by atoms with Gasteiger partial charge < -0.3 is 4.84 Å². The fraction of sp³-hybridized carbons (Fsp3) is 0. The van der Waals surface area contributed by atoms with Crippen molar-refractivity contribution in [1.29, 1.82) is 0 Å². The molecule has 2 aromatic carbocycles. The third-order valence-corrected chi connectivity index (χ3v) is 4.18. The fourth-order valence-electron chi connectivity index (χ4n) is 2.80. The molecule has 0 unspecified atom stereocenters. The van der Waals surface area contributed by atoms with Crippen molar-refractivity contribution in [2.45, 2.75) is 0 Å². The van der Waals surface area contributed by atoms with Crippen LogP contribution in [0.15, 0.2) is 71.7 Å². The number of imide groups is 1. The predicted molar refractivity (Wildman–Crippen MR) is 94.4 cm³/mol. The molecule has 4 rings (SSSR count). The maximum absolute atomic E-state index is 13.1. The highest BCUT2D eigenvalue weighted by Crippen LogP contribution is 2.23. The number of rotatable bonds is 3. The van der Waals surface area contributed by atoms with Gasteiger partial charge >= 0.3 is 5.97 Å². The number of halogens is 1. The summed E-state index contributed by atoms with van der Waals surface area (Å²) in [4.78, 5) is 54.1. The van der Waals surface area contributed by atoms with Crippen LogP contribution in [0.5, 0.6) is 0 Å². The van der Waals surface area contributed by atoms with Gasteiger partial charge in [0, 0.05) is 18.0 Å². The zero-order valence-electron chi connectivity index (χ0n) is 14.2. The molecule has 0 atom stereocenters. The minimum atomic E-state index is -0.995. The first-order chi connectivity index (χ1) is 13.5. The monoisotopic (exact) mass is 378 g/mol. The Morgan fingerprint density at radius 2 is 1.43 bits per heavy atom. The van der Waals surface area contributed by atoms with E-state index >= 15 is 0 Å². The summed E-state index contributed by atoms with van der Waals surface area (Å²) < 4.78 is 14.2. The maximum Gasteiger partial charge on any atom is 0.365 e. The van der Waals surface area contributed by atoms with Gasteiger partial charge in [-0.2, -0.15) is 0 Å². The quantitative estimate of drug-likeness (QED) is 0.653. The molecule has 138 valence electrons. The molecule has 0 N–H and O–H groups in total. The second-order valence-corrected chi connectivity index (χ2v) is 5.93. The normalized spacial score (nSPS) is 12.8. The van der Waals surface area contributed by atoms with Crippen LogP contribution in [0.25, 0.3) is 5.69 Å². The van der Waals surface area contributed by atoms with Crippen molar-refractivity contribution in [3.63, 3.8) is 0 Å². The predicted octanol–water partition coefficient (Wildman–Crippen LogP) is 2.34. The van der Waals surface area contributed by atoms with E-state index in [1.54, 1.807) is 12.1 Å². The summed E-state index contributed by atoms with van der Waals surface area (Å²) in [5.74, 6) is -2.97. The average molecular weight is 378 g/mol. The molecule has 2 amide bonds. The molecule has 0 saturated carbocycles. The number of amides is 2. The Kier molecular flexibility index (Phi) is 4.08. The van der Waals surface area contributed by atoms with Crippen LogP contribution in [0.4, 0.5) is 4.39 Å². The van der Waals surface area contributed by atoms with Crippen LogP contribution >= 0.6 is 0 Å². The highest BCUT2D eigenvalue weighted by Gasteiger charge is 2.38. The molecule has 0 radical (unpaired) electrons. The lowest BCUT2D eigenvalue weighted by Crippen LogP contribution is -2.33. The summed E-state index contributed by atoms with van der Waals surface area (Å²) in [6.45, 7) is 0. The van der Waals surface area contributed by atoms with Crippen LogP contribution in [-0.2, 0) is 4.84 Å². The summed E-state index contributed by atoms with van der Waals surface area (Å²) in [5, 5.41) is 0.389. The molecule has 1 aromatic heterocycles. The number of carbonyl (C=O) groups excluding carboxylic acids is 3. The van der Waals surface area contributed by atoms with Gasteiger partial charge in [0.25, 0.3) is 17.4 Å². The maximum atomic E-state index is 13.1. The number of hydrogen-bond donors (Lipinski definition) is 0. The van der Waals surface area contributed by atoms with Crippen molar-refractivity contribution in [2.24, 2.45) is 0 Å². The second kappa shape index (κ2) is 6.58. The first kappa shape index (κ1) is 17.3. The first-order valence-corrected chi connectivity index (χ1v) is 8.14. The molecule has 0 aliphatic carbocycles. The van der Waals surface area contributed by atoms with Gasteiger partial charge in [0.1, 0.15) is 5.82 Å². The molecule has 7 nitrogen and oxygen atoms in total. The lowest BCUT2D eigenvalue weighted by atomic mass is 10.1. The SMILES string of the molecule is O=C(ON1C(=O)c2ccccc2C1=O)c1ccc(=O)n(-c2ccc(F)cc2)c1. The van der Waals surface area contributed by atoms with Crippen LogP contribution < -0.4 is 5.56 Å². The van der Waals surface area contributed by atoms with E-state index in [1.807, 2.05) is 0 Å². The molecule has 0 bridgehead atoms. The molecule has 2 heterocycles. The second-order valence-electron chi connectivity index (χ2n) is 5.93. The van der Waals surface area contributed by atoms with E-state index in [0.717, 1.165) is 10.6 Å². The van der Waals surface area contributed by atoms with Crippen molar-refractivity contribution in [1.82, 2.24) is 9.63 Å². The van der Waals surface area contributed by atoms with Gasteiger partial charge in [-0.05, 0) is 42.5 Å². The van der Waals surface area contributed by atoms with Gasteiger partial charge in [0.15, 0.2) is 0 Å². The standard InChI is InChI=1S/C20H11FN2O5/c21-13-6-8-14(9-7-13)22-11-12(5-10-17(22)24)20(27)28-23-18(25)15-3-1-2-4-16(15)19(23)26/h1-11H. The lowest BCUT2D eigenvalue weighted by molar-refractivity contribution is -0.0585. The molecule has 0 spiro atoms. The van der Waals surface area contributed by atoms with E-state index in [4.69, 9.17) is 4.84 Å². The van der Waals surface area contributed by atoms with Crippen molar-refractivity contribution < 1.29 is 23.6 Å². The molecular formula is C20H11FN2O5. The van der Waals surface area contributed by atoms with Gasteiger partial charge in [-0.25, -0.2) is 9.18 Å². The van der Waals surface area contributed by atoms with E-state index < -0.39 is 29.2 Å². The summed E-state index contributed by atoms with van der Waals surface area (Å²) in [7, 11) is 0. The number of pyridine rings is 1. The summed E-state index contributed by atoms with van der Waals surface area (Å²) in [5.41, 5.74) is 0.0827. The number of hydroxylamine groups is 2. The van der Waals surface area contributed by atoms with Crippen molar-refractivity contribution in [3.05, 3.63) is 99.7 Å². The van der Waals surface area contributed by atoms with Gasteiger partial charge in [-0.3, -0.25) is 19.0 Å². The Labute approximate surface area is 157 Å². The summed E-state index contributed by atoms with van der Waals surface area (Å²) >= 11 is 0. The van der Waals surface area contributed by atoms with Crippen LogP contribution in [0.3, 0.4) is 0 Å². The van der Waals surface area contributed by atoms with Crippen LogP contribution in [0, 0.1) is 5.82 Å². The van der Waals surface area contributed by atoms with Crippen LogP contribution in [0.2, 0.25) is 0 Å². The average Bonchev–Trinajstić information content (AvgIpc) is 2.94. The molecule has 0 fully saturated rings. The Hall–Kier alpha value is -4.07. The zero-order valence-corrected chi connectivity index (χ0v) is 14.2. The number of nitrogens with zero attached hydrogens (tertiary/aromatic N) is 2. The molecule has 1 aliphatic heterocycles. The molecule has 1 aliphatic rings. The minimum absolute atomic E-state index is 0.0690. The Morgan fingerprint density at radius 1 is 0.821 bits per heavy atom. The highest BCUT2D eigenvalue weighted by molar-refractivity contribution is 6.21. The Bertz CT molecular complexity index is 1150. The van der Waals surface area contributed by atoms with E-state index in [9.17, 15) is 23.6 Å². The van der Waals surface area contributed by atoms with E-state index in [0.29, 0.717) is 10.8 Å². The van der Waals surface area contributed by atoms with Crippen LogP contribution in [0.1, 0.15) is 31.1 Å². The Balaban J connectivity index is 1.62. The van der Waals surface area contributed by atoms with Crippen molar-refractivity contribution in [3.8, 4) is 5.69 Å². The summed E-state index contributed by atoms with van der Waals surface area (Å²) in [6.07, 6.45) is 1.19. The third kappa shape index (κ3) is 2.86. The number of benzene rings is 2. The van der Waals surface area contributed by atoms with Gasteiger partial charge in [-0.1, -0.05) is 17.2 Å². The van der Waals surface area contributed by atoms with Crippen molar-refractivity contribution in [2.75, 3.05) is 0 Å². The molecule has 3 aromatic rings. The lowest BCUT2D eigenvalue weighted by Gasteiger charge is -2.13. The molecule has 8 heteroatoms. The van der Waals surface area contributed by atoms with Crippen LogP contribution in [-0.4, -0.2) is 27.4 Å². The van der Waals surface area contributed by atoms with Gasteiger partial charge in [0.2, 0.25) is 0 Å². The highest BCUT2D eigenvalue weighted by atomic mass is 19.1. The number of hydrogen-bond acceptors (Lipinski definition) is 5.